The van der Waals surface area contributed by atoms with E-state index in [0.717, 1.165) is 63.4 Å². The Morgan fingerprint density at radius 3 is 2.32 bits per heavy atom. The van der Waals surface area contributed by atoms with E-state index in [1.54, 1.807) is 14.2 Å². The third-order valence-electron chi connectivity index (χ3n) is 6.31. The number of hydrogen-bond donors (Lipinski definition) is 1. The van der Waals surface area contributed by atoms with E-state index in [9.17, 15) is 9.59 Å². The second kappa shape index (κ2) is 8.82. The zero-order valence-corrected chi connectivity index (χ0v) is 17.2. The van der Waals surface area contributed by atoms with Crippen molar-refractivity contribution in [2.45, 2.75) is 31.7 Å². The monoisotopic (exact) mass is 388 g/mol. The summed E-state index contributed by atoms with van der Waals surface area (Å²) in [5.74, 6) is 0.978. The first-order chi connectivity index (χ1) is 13.5. The van der Waals surface area contributed by atoms with Crippen LogP contribution >= 0.6 is 0 Å². The molecule has 0 aliphatic carbocycles. The van der Waals surface area contributed by atoms with E-state index in [4.69, 9.17) is 4.74 Å². The van der Waals surface area contributed by atoms with Gasteiger partial charge < -0.3 is 19.9 Å². The van der Waals surface area contributed by atoms with Crippen molar-refractivity contribution >= 4 is 11.9 Å². The van der Waals surface area contributed by atoms with Crippen molar-refractivity contribution in [1.29, 1.82) is 0 Å². The number of piperazine rings is 1. The topological polar surface area (TPSA) is 65.1 Å². The summed E-state index contributed by atoms with van der Waals surface area (Å²) in [5.41, 5.74) is 1.05. The minimum atomic E-state index is 0.00336. The van der Waals surface area contributed by atoms with Crippen LogP contribution in [0.3, 0.4) is 0 Å². The average molecular weight is 389 g/mol. The SMILES string of the molecule is CCC1(N2CCN(C(=O)Cc3ccc(OC)cc3)CC2)CCN(C(=O)NC)C1. The number of ether oxygens (including phenoxy) is 1. The number of carbonyl (C=O) groups excluding carboxylic acids is 2. The van der Waals surface area contributed by atoms with E-state index in [1.807, 2.05) is 34.1 Å². The first-order valence-corrected chi connectivity index (χ1v) is 10.1. The van der Waals surface area contributed by atoms with Gasteiger partial charge >= 0.3 is 6.03 Å². The summed E-state index contributed by atoms with van der Waals surface area (Å²) < 4.78 is 5.17. The molecule has 3 rings (SSSR count). The summed E-state index contributed by atoms with van der Waals surface area (Å²) in [5, 5.41) is 2.73. The van der Waals surface area contributed by atoms with Crippen LogP contribution in [0.1, 0.15) is 25.3 Å². The number of urea groups is 1. The standard InChI is InChI=1S/C21H32N4O3/c1-4-21(9-10-24(16-21)20(27)22-2)25-13-11-23(12-14-25)19(26)15-17-5-7-18(28-3)8-6-17/h5-8H,4,9-16H2,1-3H3,(H,22,27). The molecule has 2 fully saturated rings. The largest absolute Gasteiger partial charge is 0.497 e. The summed E-state index contributed by atoms with van der Waals surface area (Å²) in [6.07, 6.45) is 2.43. The van der Waals surface area contributed by atoms with Gasteiger partial charge in [-0.2, -0.15) is 0 Å². The van der Waals surface area contributed by atoms with Gasteiger partial charge in [-0.05, 0) is 30.5 Å². The van der Waals surface area contributed by atoms with Gasteiger partial charge in [0.25, 0.3) is 0 Å². The van der Waals surface area contributed by atoms with E-state index in [1.165, 1.54) is 0 Å². The van der Waals surface area contributed by atoms with Crippen LogP contribution in [-0.4, -0.2) is 85.6 Å². The van der Waals surface area contributed by atoms with Gasteiger partial charge in [0, 0.05) is 51.9 Å². The molecule has 1 N–H and O–H groups in total. The summed E-state index contributed by atoms with van der Waals surface area (Å²) >= 11 is 0. The zero-order chi connectivity index (χ0) is 20.1. The molecule has 1 unspecified atom stereocenters. The second-order valence-electron chi connectivity index (χ2n) is 7.70. The number of hydrogen-bond acceptors (Lipinski definition) is 4. The van der Waals surface area contributed by atoms with Gasteiger partial charge in [-0.15, -0.1) is 0 Å². The molecule has 1 atom stereocenters. The van der Waals surface area contributed by atoms with Crippen molar-refractivity contribution in [3.8, 4) is 5.75 Å². The lowest BCUT2D eigenvalue weighted by atomic mass is 9.92. The fourth-order valence-corrected chi connectivity index (χ4v) is 4.42. The highest BCUT2D eigenvalue weighted by molar-refractivity contribution is 5.79. The molecule has 0 aromatic heterocycles. The van der Waals surface area contributed by atoms with E-state index in [2.05, 4.69) is 17.1 Å². The number of likely N-dealkylation sites (tertiary alicyclic amines) is 1. The molecule has 0 spiro atoms. The highest BCUT2D eigenvalue weighted by atomic mass is 16.5. The van der Waals surface area contributed by atoms with Crippen molar-refractivity contribution < 1.29 is 14.3 Å². The van der Waals surface area contributed by atoms with Crippen LogP contribution < -0.4 is 10.1 Å². The predicted octanol–water partition coefficient (Wildman–Crippen LogP) is 1.58. The van der Waals surface area contributed by atoms with Crippen LogP contribution in [0.25, 0.3) is 0 Å². The summed E-state index contributed by atoms with van der Waals surface area (Å²) in [6.45, 7) is 6.99. The number of nitrogens with zero attached hydrogens (tertiary/aromatic N) is 3. The highest BCUT2D eigenvalue weighted by Gasteiger charge is 2.44. The first-order valence-electron chi connectivity index (χ1n) is 10.1. The van der Waals surface area contributed by atoms with Gasteiger partial charge in [0.05, 0.1) is 13.5 Å². The van der Waals surface area contributed by atoms with Crippen molar-refractivity contribution in [1.82, 2.24) is 20.0 Å². The lowest BCUT2D eigenvalue weighted by molar-refractivity contribution is -0.133. The Morgan fingerprint density at radius 2 is 1.75 bits per heavy atom. The molecule has 0 radical (unpaired) electrons. The van der Waals surface area contributed by atoms with E-state index >= 15 is 0 Å². The molecule has 2 aliphatic rings. The lowest BCUT2D eigenvalue weighted by Gasteiger charge is -2.45. The number of nitrogens with one attached hydrogen (secondary N) is 1. The zero-order valence-electron chi connectivity index (χ0n) is 17.2. The van der Waals surface area contributed by atoms with Crippen LogP contribution in [0.4, 0.5) is 4.79 Å². The molecular weight excluding hydrogens is 356 g/mol. The molecule has 28 heavy (non-hydrogen) atoms. The Morgan fingerprint density at radius 1 is 1.07 bits per heavy atom. The number of benzene rings is 1. The third-order valence-corrected chi connectivity index (χ3v) is 6.31. The number of methoxy groups -OCH3 is 1. The van der Waals surface area contributed by atoms with Crippen LogP contribution in [0, 0.1) is 0 Å². The van der Waals surface area contributed by atoms with Gasteiger partial charge in [-0.1, -0.05) is 19.1 Å². The fraction of sp³-hybridized carbons (Fsp3) is 0.619. The highest BCUT2D eigenvalue weighted by Crippen LogP contribution is 2.32. The third kappa shape index (κ3) is 4.24. The van der Waals surface area contributed by atoms with Gasteiger partial charge in [0.15, 0.2) is 0 Å². The Labute approximate surface area is 167 Å². The molecule has 7 heteroatoms. The number of carbonyl (C=O) groups is 2. The normalized spacial score (nSPS) is 23.0. The summed E-state index contributed by atoms with van der Waals surface area (Å²) in [6, 6.07) is 7.69. The summed E-state index contributed by atoms with van der Waals surface area (Å²) in [7, 11) is 3.32. The van der Waals surface area contributed by atoms with Crippen LogP contribution in [0.15, 0.2) is 24.3 Å². The number of rotatable bonds is 5. The second-order valence-corrected chi connectivity index (χ2v) is 7.70. The van der Waals surface area contributed by atoms with E-state index in [-0.39, 0.29) is 17.5 Å². The molecule has 0 bridgehead atoms. The van der Waals surface area contributed by atoms with Crippen molar-refractivity contribution in [2.75, 3.05) is 53.4 Å². The van der Waals surface area contributed by atoms with Crippen molar-refractivity contribution in [2.24, 2.45) is 0 Å². The molecule has 7 nitrogen and oxygen atoms in total. The minimum Gasteiger partial charge on any atom is -0.497 e. The van der Waals surface area contributed by atoms with Gasteiger partial charge in [0.2, 0.25) is 5.91 Å². The minimum absolute atomic E-state index is 0.00336. The lowest BCUT2D eigenvalue weighted by Crippen LogP contribution is -2.59. The molecule has 1 aromatic carbocycles. The molecule has 2 saturated heterocycles. The fourth-order valence-electron chi connectivity index (χ4n) is 4.42. The van der Waals surface area contributed by atoms with E-state index in [0.29, 0.717) is 6.42 Å². The summed E-state index contributed by atoms with van der Waals surface area (Å²) in [4.78, 5) is 31.1. The van der Waals surface area contributed by atoms with Crippen molar-refractivity contribution in [3.63, 3.8) is 0 Å². The molecule has 1 aromatic rings. The predicted molar refractivity (Wildman–Crippen MR) is 109 cm³/mol. The van der Waals surface area contributed by atoms with E-state index < -0.39 is 0 Å². The Kier molecular flexibility index (Phi) is 6.44. The molecular formula is C21H32N4O3. The Balaban J connectivity index is 1.54. The Bertz CT molecular complexity index is 685. The molecule has 2 heterocycles. The maximum atomic E-state index is 12.7. The Hall–Kier alpha value is -2.28. The van der Waals surface area contributed by atoms with Gasteiger partial charge in [-0.3, -0.25) is 9.69 Å². The van der Waals surface area contributed by atoms with Gasteiger partial charge in [-0.25, -0.2) is 4.79 Å². The molecule has 3 amide bonds. The molecule has 2 aliphatic heterocycles. The quantitative estimate of drug-likeness (QED) is 0.832. The molecule has 0 saturated carbocycles. The number of amides is 3. The first kappa shape index (κ1) is 20.5. The maximum Gasteiger partial charge on any atom is 0.317 e. The molecule has 154 valence electrons. The average Bonchev–Trinajstić information content (AvgIpc) is 3.20. The van der Waals surface area contributed by atoms with Crippen LogP contribution in [0.5, 0.6) is 5.75 Å². The smallest absolute Gasteiger partial charge is 0.317 e. The maximum absolute atomic E-state index is 12.7. The van der Waals surface area contributed by atoms with Crippen LogP contribution in [-0.2, 0) is 11.2 Å². The van der Waals surface area contributed by atoms with Crippen molar-refractivity contribution in [3.05, 3.63) is 29.8 Å². The van der Waals surface area contributed by atoms with Crippen LogP contribution in [0.2, 0.25) is 0 Å². The van der Waals surface area contributed by atoms with Gasteiger partial charge in [0.1, 0.15) is 5.75 Å².